The molecule has 2 aliphatic rings. The van der Waals surface area contributed by atoms with E-state index in [0.717, 1.165) is 50.2 Å². The molecule has 1 aliphatic carbocycles. The SMILES string of the molecule is Cc1cc(C2CCN(C(=O)N(C)C3CCCCC3)CC2)on1. The van der Waals surface area contributed by atoms with Crippen molar-refractivity contribution >= 4 is 6.03 Å². The van der Waals surface area contributed by atoms with Gasteiger partial charge in [0.25, 0.3) is 0 Å². The fraction of sp³-hybridized carbons (Fsp3) is 0.765. The predicted molar refractivity (Wildman–Crippen MR) is 84.8 cm³/mol. The second-order valence-corrected chi connectivity index (χ2v) is 6.82. The van der Waals surface area contributed by atoms with E-state index < -0.39 is 0 Å². The highest BCUT2D eigenvalue weighted by atomic mass is 16.5. The number of likely N-dealkylation sites (tertiary alicyclic amines) is 1. The lowest BCUT2D eigenvalue weighted by molar-refractivity contribution is 0.121. The van der Waals surface area contributed by atoms with Crippen molar-refractivity contribution < 1.29 is 9.32 Å². The second-order valence-electron chi connectivity index (χ2n) is 6.82. The summed E-state index contributed by atoms with van der Waals surface area (Å²) in [6.45, 7) is 3.59. The molecule has 22 heavy (non-hydrogen) atoms. The maximum Gasteiger partial charge on any atom is 0.319 e. The Balaban J connectivity index is 1.53. The van der Waals surface area contributed by atoms with Crippen LogP contribution in [0.1, 0.15) is 62.3 Å². The summed E-state index contributed by atoms with van der Waals surface area (Å²) >= 11 is 0. The molecule has 0 bridgehead atoms. The van der Waals surface area contributed by atoms with Gasteiger partial charge in [-0.3, -0.25) is 0 Å². The Hall–Kier alpha value is -1.52. The maximum atomic E-state index is 12.7. The molecule has 0 spiro atoms. The van der Waals surface area contributed by atoms with Gasteiger partial charge in [-0.25, -0.2) is 4.79 Å². The van der Waals surface area contributed by atoms with Gasteiger partial charge in [0, 0.05) is 38.2 Å². The van der Waals surface area contributed by atoms with Crippen LogP contribution in [0.5, 0.6) is 0 Å². The molecule has 3 rings (SSSR count). The molecule has 0 radical (unpaired) electrons. The third-order valence-corrected chi connectivity index (χ3v) is 5.24. The van der Waals surface area contributed by atoms with Crippen LogP contribution in [0, 0.1) is 6.92 Å². The number of nitrogens with zero attached hydrogens (tertiary/aromatic N) is 3. The zero-order valence-electron chi connectivity index (χ0n) is 13.8. The Morgan fingerprint density at radius 3 is 2.50 bits per heavy atom. The number of aryl methyl sites for hydroxylation is 1. The molecule has 5 nitrogen and oxygen atoms in total. The van der Waals surface area contributed by atoms with Crippen LogP contribution in [0.2, 0.25) is 0 Å². The van der Waals surface area contributed by atoms with E-state index in [-0.39, 0.29) is 6.03 Å². The average molecular weight is 305 g/mol. The Bertz CT molecular complexity index is 500. The molecule has 2 fully saturated rings. The van der Waals surface area contributed by atoms with Gasteiger partial charge < -0.3 is 14.3 Å². The van der Waals surface area contributed by atoms with E-state index in [0.29, 0.717) is 12.0 Å². The third-order valence-electron chi connectivity index (χ3n) is 5.24. The van der Waals surface area contributed by atoms with Crippen LogP contribution in [-0.4, -0.2) is 47.2 Å². The van der Waals surface area contributed by atoms with Crippen LogP contribution in [0.4, 0.5) is 4.79 Å². The number of amides is 2. The average Bonchev–Trinajstić information content (AvgIpc) is 3.01. The van der Waals surface area contributed by atoms with Crippen molar-refractivity contribution in [3.8, 4) is 0 Å². The van der Waals surface area contributed by atoms with E-state index in [1.165, 1.54) is 19.3 Å². The summed E-state index contributed by atoms with van der Waals surface area (Å²) in [5.41, 5.74) is 0.936. The van der Waals surface area contributed by atoms with Crippen LogP contribution in [0.3, 0.4) is 0 Å². The highest BCUT2D eigenvalue weighted by Crippen LogP contribution is 2.29. The summed E-state index contributed by atoms with van der Waals surface area (Å²) in [4.78, 5) is 16.7. The number of carbonyl (C=O) groups is 1. The minimum atomic E-state index is 0.208. The molecule has 5 heteroatoms. The molecule has 1 saturated carbocycles. The number of urea groups is 1. The van der Waals surface area contributed by atoms with E-state index in [1.807, 2.05) is 29.8 Å². The topological polar surface area (TPSA) is 49.6 Å². The number of aromatic nitrogens is 1. The first kappa shape index (κ1) is 15.4. The predicted octanol–water partition coefficient (Wildman–Crippen LogP) is 3.55. The number of hydrogen-bond acceptors (Lipinski definition) is 3. The largest absolute Gasteiger partial charge is 0.361 e. The lowest BCUT2D eigenvalue weighted by Gasteiger charge is -2.38. The van der Waals surface area contributed by atoms with E-state index in [9.17, 15) is 4.79 Å². The summed E-state index contributed by atoms with van der Waals surface area (Å²) < 4.78 is 5.38. The highest BCUT2D eigenvalue weighted by Gasteiger charge is 2.30. The molecule has 1 aliphatic heterocycles. The Labute approximate surface area is 132 Å². The summed E-state index contributed by atoms with van der Waals surface area (Å²) in [7, 11) is 1.98. The fourth-order valence-corrected chi connectivity index (χ4v) is 3.78. The third kappa shape index (κ3) is 3.28. The maximum absolute atomic E-state index is 12.7. The van der Waals surface area contributed by atoms with Gasteiger partial charge >= 0.3 is 6.03 Å². The standard InChI is InChI=1S/C17H27N3O2/c1-13-12-16(22-18-13)14-8-10-20(11-9-14)17(21)19(2)15-6-4-3-5-7-15/h12,14-15H,3-11H2,1-2H3. The summed E-state index contributed by atoms with van der Waals surface area (Å²) in [5, 5.41) is 3.97. The first-order valence-electron chi connectivity index (χ1n) is 8.60. The van der Waals surface area contributed by atoms with Crippen molar-refractivity contribution in [1.82, 2.24) is 15.0 Å². The summed E-state index contributed by atoms with van der Waals surface area (Å²) in [6.07, 6.45) is 8.11. The van der Waals surface area contributed by atoms with Crippen LogP contribution in [0.25, 0.3) is 0 Å². The molecular formula is C17H27N3O2. The number of rotatable bonds is 2. The van der Waals surface area contributed by atoms with Gasteiger partial charge in [0.15, 0.2) is 0 Å². The quantitative estimate of drug-likeness (QED) is 0.839. The normalized spacial score (nSPS) is 21.1. The van der Waals surface area contributed by atoms with Gasteiger partial charge in [-0.15, -0.1) is 0 Å². The van der Waals surface area contributed by atoms with E-state index in [1.54, 1.807) is 0 Å². The van der Waals surface area contributed by atoms with E-state index in [4.69, 9.17) is 4.52 Å². The lowest BCUT2D eigenvalue weighted by Crippen LogP contribution is -2.49. The molecule has 0 aromatic carbocycles. The van der Waals surface area contributed by atoms with Gasteiger partial charge in [-0.05, 0) is 32.6 Å². The van der Waals surface area contributed by atoms with E-state index >= 15 is 0 Å². The van der Waals surface area contributed by atoms with Gasteiger partial charge in [0.1, 0.15) is 5.76 Å². The van der Waals surface area contributed by atoms with Crippen molar-refractivity contribution in [1.29, 1.82) is 0 Å². The van der Waals surface area contributed by atoms with Crippen LogP contribution < -0.4 is 0 Å². The summed E-state index contributed by atoms with van der Waals surface area (Å²) in [6, 6.07) is 2.67. The van der Waals surface area contributed by atoms with Crippen molar-refractivity contribution in [2.45, 2.75) is 63.8 Å². The molecule has 1 aromatic rings. The molecule has 1 saturated heterocycles. The molecule has 0 N–H and O–H groups in total. The Kier molecular flexibility index (Phi) is 4.69. The zero-order chi connectivity index (χ0) is 15.5. The van der Waals surface area contributed by atoms with Crippen molar-refractivity contribution in [2.75, 3.05) is 20.1 Å². The van der Waals surface area contributed by atoms with Gasteiger partial charge in [0.05, 0.1) is 5.69 Å². The second kappa shape index (κ2) is 6.71. The van der Waals surface area contributed by atoms with Crippen molar-refractivity contribution in [3.63, 3.8) is 0 Å². The number of piperidine rings is 1. The van der Waals surface area contributed by atoms with Gasteiger partial charge in [-0.1, -0.05) is 24.4 Å². The monoisotopic (exact) mass is 305 g/mol. The van der Waals surface area contributed by atoms with E-state index in [2.05, 4.69) is 5.16 Å². The van der Waals surface area contributed by atoms with Crippen molar-refractivity contribution in [3.05, 3.63) is 17.5 Å². The molecule has 1 aromatic heterocycles. The molecule has 2 heterocycles. The summed E-state index contributed by atoms with van der Waals surface area (Å²) in [5.74, 6) is 1.38. The molecular weight excluding hydrogens is 278 g/mol. The minimum Gasteiger partial charge on any atom is -0.361 e. The highest BCUT2D eigenvalue weighted by molar-refractivity contribution is 5.74. The van der Waals surface area contributed by atoms with Crippen LogP contribution in [0.15, 0.2) is 10.6 Å². The molecule has 2 amide bonds. The number of carbonyl (C=O) groups excluding carboxylic acids is 1. The zero-order valence-corrected chi connectivity index (χ0v) is 13.8. The first-order valence-corrected chi connectivity index (χ1v) is 8.60. The van der Waals surface area contributed by atoms with Crippen LogP contribution in [-0.2, 0) is 0 Å². The minimum absolute atomic E-state index is 0.208. The van der Waals surface area contributed by atoms with Crippen LogP contribution >= 0.6 is 0 Å². The molecule has 0 unspecified atom stereocenters. The van der Waals surface area contributed by atoms with Gasteiger partial charge in [-0.2, -0.15) is 0 Å². The smallest absolute Gasteiger partial charge is 0.319 e. The Morgan fingerprint density at radius 1 is 1.23 bits per heavy atom. The lowest BCUT2D eigenvalue weighted by atomic mass is 9.93. The van der Waals surface area contributed by atoms with Gasteiger partial charge in [0.2, 0.25) is 0 Å². The first-order chi connectivity index (χ1) is 10.6. The number of hydrogen-bond donors (Lipinski definition) is 0. The molecule has 122 valence electrons. The Morgan fingerprint density at radius 2 is 1.91 bits per heavy atom. The fourth-order valence-electron chi connectivity index (χ4n) is 3.78. The molecule has 0 atom stereocenters. The van der Waals surface area contributed by atoms with Crippen molar-refractivity contribution in [2.24, 2.45) is 0 Å².